The highest BCUT2D eigenvalue weighted by Crippen LogP contribution is 2.26. The van der Waals surface area contributed by atoms with E-state index in [1.54, 1.807) is 12.2 Å². The van der Waals surface area contributed by atoms with Gasteiger partial charge in [-0.3, -0.25) is 19.3 Å². The summed E-state index contributed by atoms with van der Waals surface area (Å²) in [5, 5.41) is 0. The van der Waals surface area contributed by atoms with Crippen molar-refractivity contribution in [3.63, 3.8) is 0 Å². The van der Waals surface area contributed by atoms with Gasteiger partial charge in [-0.2, -0.15) is 0 Å². The second-order valence-corrected chi connectivity index (χ2v) is 7.07. The molecule has 0 aromatic heterocycles. The molecule has 1 atom stereocenters. The van der Waals surface area contributed by atoms with Crippen molar-refractivity contribution in [1.29, 1.82) is 0 Å². The third-order valence-electron chi connectivity index (χ3n) is 5.00. The Morgan fingerprint density at radius 1 is 1.17 bits per heavy atom. The molecule has 1 saturated heterocycles. The Balaban J connectivity index is 1.66. The molecule has 3 rings (SSSR count). The van der Waals surface area contributed by atoms with Crippen LogP contribution in [0.2, 0.25) is 0 Å². The summed E-state index contributed by atoms with van der Waals surface area (Å²) in [4.78, 5) is 52.4. The normalized spacial score (nSPS) is 17.6. The van der Waals surface area contributed by atoms with E-state index in [0.29, 0.717) is 19.7 Å². The Morgan fingerprint density at radius 3 is 2.50 bits per heavy atom. The molecule has 2 heterocycles. The molecule has 8 nitrogen and oxygen atoms in total. The molecule has 0 spiro atoms. The Morgan fingerprint density at radius 2 is 1.87 bits per heavy atom. The smallest absolute Gasteiger partial charge is 0.338 e. The number of esters is 1. The van der Waals surface area contributed by atoms with Gasteiger partial charge in [-0.05, 0) is 31.0 Å². The van der Waals surface area contributed by atoms with Gasteiger partial charge in [-0.25, -0.2) is 4.79 Å². The maximum Gasteiger partial charge on any atom is 0.338 e. The number of ether oxygens (including phenoxy) is 2. The van der Waals surface area contributed by atoms with Crippen LogP contribution in [0.15, 0.2) is 43.5 Å². The van der Waals surface area contributed by atoms with Gasteiger partial charge in [0.05, 0.1) is 29.3 Å². The first-order valence-corrected chi connectivity index (χ1v) is 9.74. The minimum Gasteiger partial charge on any atom is -0.452 e. The lowest BCUT2D eigenvalue weighted by Gasteiger charge is -2.19. The van der Waals surface area contributed by atoms with Gasteiger partial charge in [0.15, 0.2) is 6.61 Å². The molecule has 2 aliphatic heterocycles. The molecule has 0 N–H and O–H groups in total. The summed E-state index contributed by atoms with van der Waals surface area (Å²) in [6.45, 7) is 8.15. The molecule has 158 valence electrons. The van der Waals surface area contributed by atoms with Gasteiger partial charge in [-0.15, -0.1) is 13.2 Å². The molecule has 1 aromatic rings. The van der Waals surface area contributed by atoms with E-state index in [0.717, 1.165) is 17.7 Å². The molecular weight excluding hydrogens is 388 g/mol. The van der Waals surface area contributed by atoms with Crippen LogP contribution in [0.5, 0.6) is 0 Å². The van der Waals surface area contributed by atoms with Gasteiger partial charge >= 0.3 is 5.97 Å². The Hall–Kier alpha value is -3.26. The molecule has 1 fully saturated rings. The van der Waals surface area contributed by atoms with E-state index in [1.165, 1.54) is 23.1 Å². The number of carbonyl (C=O) groups excluding carboxylic acids is 4. The maximum atomic E-state index is 12.7. The summed E-state index contributed by atoms with van der Waals surface area (Å²) < 4.78 is 10.6. The number of imide groups is 1. The van der Waals surface area contributed by atoms with Crippen LogP contribution in [0.4, 0.5) is 0 Å². The Labute approximate surface area is 174 Å². The zero-order chi connectivity index (χ0) is 21.7. The summed E-state index contributed by atoms with van der Waals surface area (Å²) in [6, 6.07) is 4.19. The van der Waals surface area contributed by atoms with Crippen molar-refractivity contribution in [3.05, 3.63) is 60.2 Å². The number of fused-ring (bicyclic) bond motifs is 1. The first-order valence-electron chi connectivity index (χ1n) is 9.74. The quantitative estimate of drug-likeness (QED) is 0.349. The second kappa shape index (κ2) is 9.49. The van der Waals surface area contributed by atoms with Gasteiger partial charge < -0.3 is 14.4 Å². The van der Waals surface area contributed by atoms with Crippen LogP contribution < -0.4 is 0 Å². The topological polar surface area (TPSA) is 93.2 Å². The Bertz CT molecular complexity index is 878. The molecule has 30 heavy (non-hydrogen) atoms. The fourth-order valence-electron chi connectivity index (χ4n) is 3.47. The molecule has 1 aromatic carbocycles. The third kappa shape index (κ3) is 4.49. The molecule has 0 radical (unpaired) electrons. The number of benzene rings is 1. The van der Waals surface area contributed by atoms with Crippen LogP contribution in [0.1, 0.15) is 43.9 Å². The number of hydrogen-bond donors (Lipinski definition) is 0. The third-order valence-corrected chi connectivity index (χ3v) is 5.00. The van der Waals surface area contributed by atoms with Crippen LogP contribution in [0.3, 0.4) is 0 Å². The van der Waals surface area contributed by atoms with Crippen LogP contribution in [-0.4, -0.2) is 72.4 Å². The molecule has 2 aliphatic rings. The van der Waals surface area contributed by atoms with Gasteiger partial charge in [0.1, 0.15) is 0 Å². The van der Waals surface area contributed by atoms with Gasteiger partial charge in [-0.1, -0.05) is 12.2 Å². The van der Waals surface area contributed by atoms with E-state index in [4.69, 9.17) is 9.47 Å². The molecule has 0 bridgehead atoms. The van der Waals surface area contributed by atoms with Gasteiger partial charge in [0, 0.05) is 19.7 Å². The molecule has 0 aliphatic carbocycles. The first kappa shape index (κ1) is 21.4. The zero-order valence-corrected chi connectivity index (χ0v) is 16.7. The summed E-state index contributed by atoms with van der Waals surface area (Å²) in [7, 11) is 0. The molecular formula is C22H24N2O6. The summed E-state index contributed by atoms with van der Waals surface area (Å²) in [6.07, 6.45) is 4.67. The van der Waals surface area contributed by atoms with E-state index >= 15 is 0 Å². The van der Waals surface area contributed by atoms with E-state index in [2.05, 4.69) is 13.2 Å². The van der Waals surface area contributed by atoms with Crippen molar-refractivity contribution in [3.8, 4) is 0 Å². The van der Waals surface area contributed by atoms with Crippen LogP contribution in [-0.2, 0) is 14.3 Å². The lowest BCUT2D eigenvalue weighted by molar-refractivity contribution is -0.133. The van der Waals surface area contributed by atoms with Crippen molar-refractivity contribution in [2.45, 2.75) is 18.9 Å². The number of carbonyl (C=O) groups is 4. The molecule has 1 unspecified atom stereocenters. The second-order valence-electron chi connectivity index (χ2n) is 7.07. The maximum absolute atomic E-state index is 12.7. The van der Waals surface area contributed by atoms with E-state index in [1.807, 2.05) is 0 Å². The molecule has 3 amide bonds. The van der Waals surface area contributed by atoms with Crippen molar-refractivity contribution < 1.29 is 28.7 Å². The standard InChI is InChI=1S/C22H24N2O6/c1-3-9-23(10-4-2)19(25)14-30-22(28)15-7-8-17-18(12-15)21(27)24(20(17)26)13-16-6-5-11-29-16/h3-4,7-8,12,16H,1-2,5-6,9-11,13-14H2. The predicted octanol–water partition coefficient (Wildman–Crippen LogP) is 1.82. The Kier molecular flexibility index (Phi) is 6.79. The lowest BCUT2D eigenvalue weighted by Crippen LogP contribution is -2.36. The van der Waals surface area contributed by atoms with Gasteiger partial charge in [0.25, 0.3) is 17.7 Å². The fraction of sp³-hybridized carbons (Fsp3) is 0.364. The largest absolute Gasteiger partial charge is 0.452 e. The average molecular weight is 412 g/mol. The van der Waals surface area contributed by atoms with Crippen LogP contribution in [0, 0.1) is 0 Å². The van der Waals surface area contributed by atoms with Crippen LogP contribution >= 0.6 is 0 Å². The van der Waals surface area contributed by atoms with E-state index in [-0.39, 0.29) is 29.3 Å². The number of hydrogen-bond acceptors (Lipinski definition) is 6. The van der Waals surface area contributed by atoms with Crippen molar-refractivity contribution in [2.75, 3.05) is 32.8 Å². The highest BCUT2D eigenvalue weighted by atomic mass is 16.5. The van der Waals surface area contributed by atoms with E-state index in [9.17, 15) is 19.2 Å². The number of nitrogens with zero attached hydrogens (tertiary/aromatic N) is 2. The zero-order valence-electron chi connectivity index (χ0n) is 16.7. The minimum absolute atomic E-state index is 0.0978. The summed E-state index contributed by atoms with van der Waals surface area (Å²) in [5.74, 6) is -2.00. The highest BCUT2D eigenvalue weighted by molar-refractivity contribution is 6.22. The fourth-order valence-corrected chi connectivity index (χ4v) is 3.47. The van der Waals surface area contributed by atoms with Gasteiger partial charge in [0.2, 0.25) is 0 Å². The van der Waals surface area contributed by atoms with E-state index < -0.39 is 30.3 Å². The monoisotopic (exact) mass is 412 g/mol. The van der Waals surface area contributed by atoms with Crippen molar-refractivity contribution >= 4 is 23.7 Å². The van der Waals surface area contributed by atoms with Crippen LogP contribution in [0.25, 0.3) is 0 Å². The minimum atomic E-state index is -0.749. The predicted molar refractivity (Wildman–Crippen MR) is 108 cm³/mol. The molecule has 8 heteroatoms. The highest BCUT2D eigenvalue weighted by Gasteiger charge is 2.38. The summed E-state index contributed by atoms with van der Waals surface area (Å²) in [5.41, 5.74) is 0.494. The molecule has 0 saturated carbocycles. The number of rotatable bonds is 9. The number of amides is 3. The summed E-state index contributed by atoms with van der Waals surface area (Å²) >= 11 is 0. The average Bonchev–Trinajstić information content (AvgIpc) is 3.34. The first-order chi connectivity index (χ1) is 14.5. The van der Waals surface area contributed by atoms with Crippen molar-refractivity contribution in [1.82, 2.24) is 9.80 Å². The van der Waals surface area contributed by atoms with Crippen molar-refractivity contribution in [2.24, 2.45) is 0 Å². The lowest BCUT2D eigenvalue weighted by atomic mass is 10.1. The SMILES string of the molecule is C=CCN(CC=C)C(=O)COC(=O)c1ccc2c(c1)C(=O)N(CC1CCCO1)C2=O.